The molecule has 0 radical (unpaired) electrons. The molecule has 13 heteroatoms. The normalized spacial score (nSPS) is 16.3. The average Bonchev–Trinajstić information content (AvgIpc) is 2.65. The Morgan fingerprint density at radius 1 is 1.13 bits per heavy atom. The lowest BCUT2D eigenvalue weighted by Crippen LogP contribution is -2.18. The molecule has 0 spiro atoms. The van der Waals surface area contributed by atoms with Gasteiger partial charge in [-0.2, -0.15) is 4.98 Å². The summed E-state index contributed by atoms with van der Waals surface area (Å²) in [6.45, 7) is 1.61. The first-order valence-electron chi connectivity index (χ1n) is 8.71. The highest BCUT2D eigenvalue weighted by molar-refractivity contribution is 7.92. The van der Waals surface area contributed by atoms with Crippen LogP contribution < -0.4 is 20.9 Å². The second kappa shape index (κ2) is 8.55. The lowest BCUT2D eigenvalue weighted by Gasteiger charge is -2.16. The Morgan fingerprint density at radius 3 is 2.42 bits per heavy atom. The van der Waals surface area contributed by atoms with Crippen molar-refractivity contribution in [2.45, 2.75) is 17.9 Å². The van der Waals surface area contributed by atoms with Crippen molar-refractivity contribution >= 4 is 37.5 Å². The predicted molar refractivity (Wildman–Crippen MR) is 115 cm³/mol. The number of hydrogen-bond acceptors (Lipinski definition) is 8. The Labute approximate surface area is 178 Å². The zero-order chi connectivity index (χ0) is 22.8. The van der Waals surface area contributed by atoms with Crippen molar-refractivity contribution in [2.75, 3.05) is 10.6 Å². The van der Waals surface area contributed by atoms with Crippen molar-refractivity contribution in [3.8, 4) is 0 Å². The molecular weight excluding hydrogens is 447 g/mol. The second-order valence-electron chi connectivity index (χ2n) is 6.64. The number of aryl methyl sites for hydroxylation is 1. The van der Waals surface area contributed by atoms with Crippen LogP contribution in [0.25, 0.3) is 0 Å². The van der Waals surface area contributed by atoms with E-state index in [1.807, 2.05) is 0 Å². The van der Waals surface area contributed by atoms with E-state index in [1.165, 1.54) is 18.2 Å². The fraction of sp³-hybridized carbons (Fsp3) is 0.111. The lowest BCUT2D eigenvalue weighted by atomic mass is 10.1. The first-order valence-corrected chi connectivity index (χ1v) is 11.9. The maximum atomic E-state index is 14.2. The molecule has 1 aromatic heterocycles. The molecule has 6 N–H and O–H groups in total. The second-order valence-corrected chi connectivity index (χ2v) is 9.58. The molecule has 164 valence electrons. The summed E-state index contributed by atoms with van der Waals surface area (Å²) in [6, 6.07) is 4.03. The minimum Gasteiger partial charge on any atom is -0.358 e. The highest BCUT2D eigenvalue weighted by atomic mass is 32.2. The minimum absolute atomic E-state index is 0.0201. The molecule has 3 rings (SSSR count). The smallest absolute Gasteiger partial charge is 0.238 e. The van der Waals surface area contributed by atoms with Crippen molar-refractivity contribution in [3.63, 3.8) is 0 Å². The fourth-order valence-corrected chi connectivity index (χ4v) is 4.06. The van der Waals surface area contributed by atoms with Gasteiger partial charge in [-0.05, 0) is 30.2 Å². The quantitative estimate of drug-likeness (QED) is 0.495. The number of hydrogen-bond donors (Lipinski definition) is 4. The molecule has 1 aliphatic rings. The van der Waals surface area contributed by atoms with Gasteiger partial charge < -0.3 is 10.6 Å². The number of nitrogens with two attached hydrogens (primary N) is 2. The Hall–Kier alpha value is -3.13. The molecular formula is C18H19FN6O4S2. The first kappa shape index (κ1) is 22.6. The number of benzene rings is 1. The summed E-state index contributed by atoms with van der Waals surface area (Å²) in [6.07, 6.45) is 7.19. The lowest BCUT2D eigenvalue weighted by molar-refractivity contribution is 0.597. The molecule has 0 fully saturated rings. The van der Waals surface area contributed by atoms with Crippen LogP contribution in [0.2, 0.25) is 0 Å². The number of nitrogens with zero attached hydrogens (tertiary/aromatic N) is 2. The Morgan fingerprint density at radius 2 is 1.81 bits per heavy atom. The van der Waals surface area contributed by atoms with E-state index >= 15 is 0 Å². The zero-order valence-electron chi connectivity index (χ0n) is 16.2. The average molecular weight is 467 g/mol. The summed E-state index contributed by atoms with van der Waals surface area (Å²) in [7, 11) is -7.69. The van der Waals surface area contributed by atoms with Gasteiger partial charge in [-0.25, -0.2) is 36.5 Å². The van der Waals surface area contributed by atoms with Gasteiger partial charge in [-0.3, -0.25) is 0 Å². The molecule has 0 aliphatic heterocycles. The number of rotatable bonds is 6. The molecule has 0 bridgehead atoms. The fourth-order valence-electron chi connectivity index (χ4n) is 2.71. The van der Waals surface area contributed by atoms with Crippen molar-refractivity contribution in [3.05, 3.63) is 71.1 Å². The molecule has 0 saturated carbocycles. The molecule has 0 amide bonds. The first-order chi connectivity index (χ1) is 14.4. The van der Waals surface area contributed by atoms with Crippen LogP contribution in [0.15, 0.2) is 64.6 Å². The summed E-state index contributed by atoms with van der Waals surface area (Å²) in [4.78, 5) is 7.86. The van der Waals surface area contributed by atoms with Gasteiger partial charge in [0.1, 0.15) is 0 Å². The molecule has 31 heavy (non-hydrogen) atoms. The topological polar surface area (TPSA) is 170 Å². The minimum atomic E-state index is -3.92. The predicted octanol–water partition coefficient (Wildman–Crippen LogP) is 1.39. The van der Waals surface area contributed by atoms with E-state index in [1.54, 1.807) is 31.2 Å². The summed E-state index contributed by atoms with van der Waals surface area (Å²) in [5.41, 5.74) is 1.20. The molecule has 0 unspecified atom stereocenters. The monoisotopic (exact) mass is 466 g/mol. The maximum absolute atomic E-state index is 14.2. The number of nitrogens with one attached hydrogen (secondary N) is 2. The number of allylic oxidation sites excluding steroid dienone is 3. The van der Waals surface area contributed by atoms with E-state index in [0.717, 1.165) is 11.6 Å². The van der Waals surface area contributed by atoms with E-state index in [-0.39, 0.29) is 16.7 Å². The van der Waals surface area contributed by atoms with Crippen LogP contribution in [-0.2, 0) is 20.0 Å². The molecule has 1 heterocycles. The Bertz CT molecular complexity index is 1300. The SMILES string of the molecule is Cc1ccc(Nc2ncc(F)c(NC3C=CC(=CS(N)(=O)=O)C=C3)n2)cc1S(N)(=O)=O. The largest absolute Gasteiger partial charge is 0.358 e. The Balaban J connectivity index is 1.79. The van der Waals surface area contributed by atoms with Crippen molar-refractivity contribution in [1.29, 1.82) is 0 Å². The van der Waals surface area contributed by atoms with Crippen molar-refractivity contribution in [1.82, 2.24) is 9.97 Å². The van der Waals surface area contributed by atoms with Gasteiger partial charge in [0.2, 0.25) is 26.0 Å². The van der Waals surface area contributed by atoms with Crippen LogP contribution in [0.5, 0.6) is 0 Å². The third-order valence-electron chi connectivity index (χ3n) is 4.09. The zero-order valence-corrected chi connectivity index (χ0v) is 17.8. The standard InChI is InChI=1S/C18H19FN6O4S2/c1-11-2-5-14(8-16(11)31(21,28)29)24-18-22-9-15(19)17(25-18)23-13-6-3-12(4-7-13)10-30(20,26)27/h2-10,13H,1H3,(H2,20,26,27)(H2,21,28,29)(H2,22,23,24,25). The molecule has 10 nitrogen and oxygen atoms in total. The van der Waals surface area contributed by atoms with E-state index < -0.39 is 31.9 Å². The molecule has 2 aromatic rings. The summed E-state index contributed by atoms with van der Waals surface area (Å²) >= 11 is 0. The molecule has 1 aliphatic carbocycles. The van der Waals surface area contributed by atoms with Crippen LogP contribution in [0, 0.1) is 12.7 Å². The molecule has 0 saturated heterocycles. The van der Waals surface area contributed by atoms with Crippen LogP contribution in [0.3, 0.4) is 0 Å². The van der Waals surface area contributed by atoms with Crippen LogP contribution in [-0.4, -0.2) is 32.8 Å². The number of aromatic nitrogens is 2. The van der Waals surface area contributed by atoms with E-state index in [9.17, 15) is 21.2 Å². The van der Waals surface area contributed by atoms with E-state index in [4.69, 9.17) is 10.3 Å². The maximum Gasteiger partial charge on any atom is 0.238 e. The van der Waals surface area contributed by atoms with Crippen LogP contribution in [0.4, 0.5) is 21.8 Å². The third-order valence-corrected chi connectivity index (χ3v) is 5.74. The van der Waals surface area contributed by atoms with E-state index in [2.05, 4.69) is 20.6 Å². The van der Waals surface area contributed by atoms with Gasteiger partial charge in [-0.15, -0.1) is 0 Å². The van der Waals surface area contributed by atoms with E-state index in [0.29, 0.717) is 16.8 Å². The van der Waals surface area contributed by atoms with Crippen LogP contribution in [0.1, 0.15) is 5.56 Å². The summed E-state index contributed by atoms with van der Waals surface area (Å²) < 4.78 is 59.7. The van der Waals surface area contributed by atoms with Crippen LogP contribution >= 0.6 is 0 Å². The van der Waals surface area contributed by atoms with Crippen molar-refractivity contribution in [2.24, 2.45) is 10.3 Å². The number of primary sulfonamides is 2. The summed E-state index contributed by atoms with van der Waals surface area (Å²) in [5, 5.41) is 16.7. The van der Waals surface area contributed by atoms with Gasteiger partial charge in [-0.1, -0.05) is 30.4 Å². The summed E-state index contributed by atoms with van der Waals surface area (Å²) in [5.74, 6) is -0.812. The highest BCUT2D eigenvalue weighted by Crippen LogP contribution is 2.23. The van der Waals surface area contributed by atoms with Gasteiger partial charge in [0.15, 0.2) is 11.6 Å². The third kappa shape index (κ3) is 6.18. The number of anilines is 3. The van der Waals surface area contributed by atoms with Gasteiger partial charge in [0.05, 0.1) is 22.5 Å². The highest BCUT2D eigenvalue weighted by Gasteiger charge is 2.15. The number of halogens is 1. The van der Waals surface area contributed by atoms with Gasteiger partial charge in [0.25, 0.3) is 0 Å². The number of sulfonamides is 2. The van der Waals surface area contributed by atoms with Crippen molar-refractivity contribution < 1.29 is 21.2 Å². The molecule has 0 atom stereocenters. The Kier molecular flexibility index (Phi) is 6.22. The van der Waals surface area contributed by atoms with Gasteiger partial charge >= 0.3 is 0 Å². The molecule has 1 aromatic carbocycles. The van der Waals surface area contributed by atoms with Gasteiger partial charge in [0, 0.05) is 5.69 Å².